The van der Waals surface area contributed by atoms with Crippen molar-refractivity contribution in [2.45, 2.75) is 25.5 Å². The van der Waals surface area contributed by atoms with Crippen molar-refractivity contribution in [3.05, 3.63) is 35.9 Å². The number of carbonyl (C=O) groups excluding carboxylic acids is 1. The van der Waals surface area contributed by atoms with Gasteiger partial charge in [-0.3, -0.25) is 0 Å². The summed E-state index contributed by atoms with van der Waals surface area (Å²) in [4.78, 5) is 11.7. The number of fused-ring (bicyclic) bond motifs is 1. The summed E-state index contributed by atoms with van der Waals surface area (Å²) in [7, 11) is 0. The molecular formula is C15H19NO3. The fourth-order valence-corrected chi connectivity index (χ4v) is 3.22. The maximum Gasteiger partial charge on any atom is 0.407 e. The molecule has 2 fully saturated rings. The molecule has 0 spiro atoms. The summed E-state index contributed by atoms with van der Waals surface area (Å²) in [5.74, 6) is 1.55. The molecule has 0 bridgehead atoms. The van der Waals surface area contributed by atoms with Gasteiger partial charge in [0.25, 0.3) is 0 Å². The Bertz CT molecular complexity index is 436. The number of hydrogen-bond donors (Lipinski definition) is 2. The van der Waals surface area contributed by atoms with E-state index >= 15 is 0 Å². The summed E-state index contributed by atoms with van der Waals surface area (Å²) in [6, 6.07) is 9.93. The minimum atomic E-state index is -0.330. The molecule has 4 nitrogen and oxygen atoms in total. The fraction of sp³-hybridized carbons (Fsp3) is 0.533. The first kappa shape index (κ1) is 12.5. The van der Waals surface area contributed by atoms with Gasteiger partial charge in [0.2, 0.25) is 0 Å². The number of nitrogens with one attached hydrogen (secondary N) is 1. The van der Waals surface area contributed by atoms with Crippen molar-refractivity contribution >= 4 is 6.09 Å². The molecule has 0 heterocycles. The number of aliphatic hydroxyl groups is 1. The summed E-state index contributed by atoms with van der Waals surface area (Å²) >= 11 is 0. The van der Waals surface area contributed by atoms with Crippen LogP contribution >= 0.6 is 0 Å². The molecule has 0 aliphatic heterocycles. The number of ether oxygens (including phenoxy) is 1. The smallest absolute Gasteiger partial charge is 0.407 e. The normalized spacial score (nSPS) is 31.6. The van der Waals surface area contributed by atoms with Gasteiger partial charge >= 0.3 is 6.09 Å². The third-order valence-electron chi connectivity index (χ3n) is 4.30. The summed E-state index contributed by atoms with van der Waals surface area (Å²) in [5.41, 5.74) is 0.994. The number of alkyl carbamates (subject to hydrolysis) is 1. The van der Waals surface area contributed by atoms with Gasteiger partial charge in [-0.2, -0.15) is 0 Å². The van der Waals surface area contributed by atoms with E-state index in [1.165, 1.54) is 0 Å². The highest BCUT2D eigenvalue weighted by molar-refractivity contribution is 5.68. The van der Waals surface area contributed by atoms with Crippen LogP contribution in [-0.2, 0) is 11.3 Å². The van der Waals surface area contributed by atoms with Gasteiger partial charge < -0.3 is 15.2 Å². The summed E-state index contributed by atoms with van der Waals surface area (Å²) in [6.07, 6.45) is 1.74. The zero-order valence-corrected chi connectivity index (χ0v) is 10.8. The lowest BCUT2D eigenvalue weighted by Crippen LogP contribution is -2.30. The van der Waals surface area contributed by atoms with Gasteiger partial charge in [0.05, 0.1) is 0 Å². The van der Waals surface area contributed by atoms with E-state index in [4.69, 9.17) is 9.84 Å². The highest BCUT2D eigenvalue weighted by atomic mass is 16.5. The standard InChI is InChI=1S/C15H19NO3/c17-8-11-6-12-13(7-11)14(12)16-15(18)19-9-10-4-2-1-3-5-10/h1-5,11-14,17H,6-9H2,(H,16,18). The first-order valence-electron chi connectivity index (χ1n) is 6.86. The van der Waals surface area contributed by atoms with E-state index in [1.807, 2.05) is 30.3 Å². The molecule has 0 saturated heterocycles. The monoisotopic (exact) mass is 261 g/mol. The summed E-state index contributed by atoms with van der Waals surface area (Å²) < 4.78 is 5.20. The van der Waals surface area contributed by atoms with Crippen LogP contribution in [0, 0.1) is 17.8 Å². The molecule has 3 rings (SSSR count). The highest BCUT2D eigenvalue weighted by Gasteiger charge is 2.56. The molecule has 0 aromatic heterocycles. The molecule has 2 aliphatic rings. The zero-order chi connectivity index (χ0) is 13.2. The highest BCUT2D eigenvalue weighted by Crippen LogP contribution is 2.54. The van der Waals surface area contributed by atoms with Gasteiger partial charge in [-0.15, -0.1) is 0 Å². The van der Waals surface area contributed by atoms with Crippen LogP contribution in [0.5, 0.6) is 0 Å². The van der Waals surface area contributed by atoms with E-state index in [1.54, 1.807) is 0 Å². The molecule has 1 aromatic carbocycles. The van der Waals surface area contributed by atoms with Gasteiger partial charge in [-0.1, -0.05) is 30.3 Å². The second kappa shape index (κ2) is 5.21. The molecule has 1 amide bonds. The molecule has 2 aliphatic carbocycles. The Labute approximate surface area is 112 Å². The van der Waals surface area contributed by atoms with E-state index in [9.17, 15) is 4.79 Å². The number of aliphatic hydroxyl groups excluding tert-OH is 1. The summed E-state index contributed by atoms with van der Waals surface area (Å²) in [5, 5.41) is 12.0. The fourth-order valence-electron chi connectivity index (χ4n) is 3.22. The lowest BCUT2D eigenvalue weighted by atomic mass is 10.0. The van der Waals surface area contributed by atoms with Gasteiger partial charge in [0, 0.05) is 12.6 Å². The lowest BCUT2D eigenvalue weighted by molar-refractivity contribution is 0.137. The molecule has 19 heavy (non-hydrogen) atoms. The van der Waals surface area contributed by atoms with E-state index in [0.717, 1.165) is 18.4 Å². The van der Waals surface area contributed by atoms with Crippen molar-refractivity contribution in [3.63, 3.8) is 0 Å². The molecule has 2 saturated carbocycles. The number of rotatable bonds is 4. The maximum atomic E-state index is 11.7. The quantitative estimate of drug-likeness (QED) is 0.870. The Kier molecular flexibility index (Phi) is 3.42. The van der Waals surface area contributed by atoms with Crippen LogP contribution in [0.1, 0.15) is 18.4 Å². The van der Waals surface area contributed by atoms with Crippen molar-refractivity contribution < 1.29 is 14.6 Å². The van der Waals surface area contributed by atoms with Crippen molar-refractivity contribution in [2.24, 2.45) is 17.8 Å². The van der Waals surface area contributed by atoms with E-state index < -0.39 is 0 Å². The molecule has 4 heteroatoms. The van der Waals surface area contributed by atoms with Gasteiger partial charge in [0.1, 0.15) is 6.61 Å². The van der Waals surface area contributed by atoms with Crippen LogP contribution < -0.4 is 5.32 Å². The molecule has 2 atom stereocenters. The van der Waals surface area contributed by atoms with Crippen LogP contribution in [0.2, 0.25) is 0 Å². The van der Waals surface area contributed by atoms with Crippen LogP contribution in [0.15, 0.2) is 30.3 Å². The minimum absolute atomic E-state index is 0.270. The van der Waals surface area contributed by atoms with Gasteiger partial charge in [-0.05, 0) is 36.2 Å². The second-order valence-corrected chi connectivity index (χ2v) is 5.58. The number of hydrogen-bond acceptors (Lipinski definition) is 3. The van der Waals surface area contributed by atoms with Crippen LogP contribution in [0.3, 0.4) is 0 Å². The average molecular weight is 261 g/mol. The largest absolute Gasteiger partial charge is 0.445 e. The molecule has 2 N–H and O–H groups in total. The van der Waals surface area contributed by atoms with Crippen LogP contribution in [0.25, 0.3) is 0 Å². The van der Waals surface area contributed by atoms with E-state index in [0.29, 0.717) is 24.4 Å². The lowest BCUT2D eigenvalue weighted by Gasteiger charge is -2.12. The van der Waals surface area contributed by atoms with Crippen molar-refractivity contribution in [1.29, 1.82) is 0 Å². The molecule has 1 aromatic rings. The van der Waals surface area contributed by atoms with Gasteiger partial charge in [0.15, 0.2) is 0 Å². The molecule has 0 radical (unpaired) electrons. The molecule has 102 valence electrons. The Morgan fingerprint density at radius 2 is 1.95 bits per heavy atom. The number of amides is 1. The van der Waals surface area contributed by atoms with E-state index in [-0.39, 0.29) is 18.7 Å². The van der Waals surface area contributed by atoms with Gasteiger partial charge in [-0.25, -0.2) is 4.79 Å². The number of carbonyl (C=O) groups is 1. The first-order valence-corrected chi connectivity index (χ1v) is 6.86. The minimum Gasteiger partial charge on any atom is -0.445 e. The van der Waals surface area contributed by atoms with E-state index in [2.05, 4.69) is 5.32 Å². The van der Waals surface area contributed by atoms with Crippen molar-refractivity contribution in [1.82, 2.24) is 5.32 Å². The predicted molar refractivity (Wildman–Crippen MR) is 70.3 cm³/mol. The first-order chi connectivity index (χ1) is 9.28. The Morgan fingerprint density at radius 3 is 2.58 bits per heavy atom. The predicted octanol–water partition coefficient (Wildman–Crippen LogP) is 1.93. The zero-order valence-electron chi connectivity index (χ0n) is 10.8. The third-order valence-corrected chi connectivity index (χ3v) is 4.30. The SMILES string of the molecule is O=C(NC1C2CC(CO)CC21)OCc1ccccc1. The molecular weight excluding hydrogens is 242 g/mol. The Hall–Kier alpha value is -1.55. The van der Waals surface area contributed by atoms with Crippen LogP contribution in [-0.4, -0.2) is 23.8 Å². The van der Waals surface area contributed by atoms with Crippen molar-refractivity contribution in [2.75, 3.05) is 6.61 Å². The second-order valence-electron chi connectivity index (χ2n) is 5.58. The Morgan fingerprint density at radius 1 is 1.26 bits per heavy atom. The Balaban J connectivity index is 1.40. The third kappa shape index (κ3) is 2.73. The van der Waals surface area contributed by atoms with Crippen LogP contribution in [0.4, 0.5) is 4.79 Å². The van der Waals surface area contributed by atoms with Crippen molar-refractivity contribution in [3.8, 4) is 0 Å². The topological polar surface area (TPSA) is 58.6 Å². The average Bonchev–Trinajstić information content (AvgIpc) is 2.89. The number of benzene rings is 1. The molecule has 2 unspecified atom stereocenters. The summed E-state index contributed by atoms with van der Waals surface area (Å²) in [6.45, 7) is 0.589. The maximum absolute atomic E-state index is 11.7.